The Balaban J connectivity index is 2.91. The number of rotatable bonds is 4. The maximum atomic E-state index is 11.0. The molecule has 1 fully saturated rings. The van der Waals surface area contributed by atoms with E-state index >= 15 is 0 Å². The van der Waals surface area contributed by atoms with Crippen LogP contribution in [0.2, 0.25) is 0 Å². The van der Waals surface area contributed by atoms with Crippen molar-refractivity contribution in [1.82, 2.24) is 26.4 Å². The maximum absolute atomic E-state index is 11.0. The van der Waals surface area contributed by atoms with E-state index in [4.69, 9.17) is 0 Å². The largest absolute Gasteiger partial charge is 0.303 e. The van der Waals surface area contributed by atoms with Crippen molar-refractivity contribution in [2.45, 2.75) is 11.8 Å². The van der Waals surface area contributed by atoms with Crippen LogP contribution in [0, 0.1) is 0 Å². The number of piperazine rings is 1. The predicted octanol–water partition coefficient (Wildman–Crippen LogP) is -2.31. The summed E-state index contributed by atoms with van der Waals surface area (Å²) in [6.45, 7) is 1.61. The first-order valence-corrected chi connectivity index (χ1v) is 4.76. The number of carbonyl (C=O) groups is 1. The third kappa shape index (κ3) is 1.67. The summed E-state index contributed by atoms with van der Waals surface area (Å²) >= 11 is 0. The highest BCUT2D eigenvalue weighted by atomic mass is 16.1. The highest BCUT2D eigenvalue weighted by Crippen LogP contribution is 2.12. The molecule has 0 aromatic heterocycles. The Morgan fingerprint density at radius 3 is 2.50 bits per heavy atom. The number of aldehydes is 1. The third-order valence-electron chi connectivity index (χ3n) is 2.74. The van der Waals surface area contributed by atoms with Crippen LogP contribution in [0.3, 0.4) is 0 Å². The zero-order valence-corrected chi connectivity index (χ0v) is 8.92. The van der Waals surface area contributed by atoms with E-state index in [0.717, 1.165) is 19.4 Å². The molecule has 4 N–H and O–H groups in total. The normalized spacial score (nSPS) is 27.5. The van der Waals surface area contributed by atoms with E-state index in [9.17, 15) is 4.79 Å². The van der Waals surface area contributed by atoms with Crippen LogP contribution in [0.1, 0.15) is 0 Å². The Hall–Kier alpha value is -0.530. The molecule has 1 atom stereocenters. The van der Waals surface area contributed by atoms with Crippen LogP contribution in [-0.2, 0) is 4.79 Å². The van der Waals surface area contributed by atoms with Gasteiger partial charge < -0.3 is 10.1 Å². The van der Waals surface area contributed by atoms with Crippen LogP contribution in [0.4, 0.5) is 0 Å². The van der Waals surface area contributed by atoms with Gasteiger partial charge in [-0.05, 0) is 21.1 Å². The molecule has 1 aliphatic heterocycles. The van der Waals surface area contributed by atoms with Crippen molar-refractivity contribution in [3.05, 3.63) is 0 Å². The molecular formula is C8H19N5O. The van der Waals surface area contributed by atoms with Gasteiger partial charge in [0.2, 0.25) is 0 Å². The molecular weight excluding hydrogens is 182 g/mol. The number of nitrogens with one attached hydrogen (secondary N) is 4. The van der Waals surface area contributed by atoms with Crippen molar-refractivity contribution in [2.75, 3.05) is 34.2 Å². The Morgan fingerprint density at radius 2 is 2.07 bits per heavy atom. The summed E-state index contributed by atoms with van der Waals surface area (Å²) in [5.74, 6) is -0.561. The van der Waals surface area contributed by atoms with Crippen molar-refractivity contribution >= 4 is 6.29 Å². The first-order chi connectivity index (χ1) is 6.75. The van der Waals surface area contributed by atoms with E-state index in [-0.39, 0.29) is 6.04 Å². The topological polar surface area (TPSA) is 68.4 Å². The second-order valence-corrected chi connectivity index (χ2v) is 3.21. The average Bonchev–Trinajstić information content (AvgIpc) is 2.27. The van der Waals surface area contributed by atoms with E-state index in [1.54, 1.807) is 0 Å². The lowest BCUT2D eigenvalue weighted by atomic mass is 10.1. The van der Waals surface area contributed by atoms with Gasteiger partial charge >= 0.3 is 0 Å². The van der Waals surface area contributed by atoms with Gasteiger partial charge in [0.05, 0.1) is 0 Å². The van der Waals surface area contributed by atoms with Crippen LogP contribution in [0.5, 0.6) is 0 Å². The summed E-state index contributed by atoms with van der Waals surface area (Å²) in [6.07, 6.45) is 0.913. The fraction of sp³-hybridized carbons (Fsp3) is 0.875. The molecule has 0 radical (unpaired) electrons. The highest BCUT2D eigenvalue weighted by Gasteiger charge is 2.43. The Morgan fingerprint density at radius 1 is 1.43 bits per heavy atom. The van der Waals surface area contributed by atoms with Crippen molar-refractivity contribution in [3.8, 4) is 0 Å². The summed E-state index contributed by atoms with van der Waals surface area (Å²) < 4.78 is 0. The zero-order chi connectivity index (χ0) is 10.6. The number of carbonyl (C=O) groups excluding carboxylic acids is 1. The van der Waals surface area contributed by atoms with E-state index in [1.165, 1.54) is 0 Å². The minimum absolute atomic E-state index is 0.279. The van der Waals surface area contributed by atoms with Gasteiger partial charge in [-0.25, -0.2) is 5.01 Å². The molecule has 0 spiro atoms. The summed E-state index contributed by atoms with van der Waals surface area (Å²) in [5, 5.41) is 11.4. The first-order valence-electron chi connectivity index (χ1n) is 4.76. The molecule has 0 bridgehead atoms. The Kier molecular flexibility index (Phi) is 3.97. The summed E-state index contributed by atoms with van der Waals surface area (Å²) in [6, 6.07) is -0.279. The molecule has 0 aromatic carbocycles. The Labute approximate surface area is 84.4 Å². The van der Waals surface area contributed by atoms with Crippen molar-refractivity contribution < 1.29 is 4.79 Å². The monoisotopic (exact) mass is 201 g/mol. The summed E-state index contributed by atoms with van der Waals surface area (Å²) in [7, 11) is 5.49. The van der Waals surface area contributed by atoms with Gasteiger partial charge in [-0.3, -0.25) is 16.1 Å². The first kappa shape index (κ1) is 11.5. The third-order valence-corrected chi connectivity index (χ3v) is 2.74. The fourth-order valence-corrected chi connectivity index (χ4v) is 1.96. The van der Waals surface area contributed by atoms with Crippen LogP contribution in [0.15, 0.2) is 0 Å². The number of hydrogen-bond acceptors (Lipinski definition) is 6. The average molecular weight is 201 g/mol. The van der Waals surface area contributed by atoms with Crippen LogP contribution < -0.4 is 21.4 Å². The molecule has 1 heterocycles. The van der Waals surface area contributed by atoms with Gasteiger partial charge in [-0.15, -0.1) is 0 Å². The molecule has 6 heteroatoms. The molecule has 14 heavy (non-hydrogen) atoms. The van der Waals surface area contributed by atoms with Gasteiger partial charge in [0, 0.05) is 13.1 Å². The van der Waals surface area contributed by atoms with Crippen LogP contribution in [0.25, 0.3) is 0 Å². The molecule has 1 aliphatic rings. The second-order valence-electron chi connectivity index (χ2n) is 3.21. The molecule has 1 rings (SSSR count). The van der Waals surface area contributed by atoms with E-state index in [0.29, 0.717) is 0 Å². The van der Waals surface area contributed by atoms with Gasteiger partial charge in [-0.2, -0.15) is 0 Å². The van der Waals surface area contributed by atoms with Gasteiger partial charge in [-0.1, -0.05) is 0 Å². The number of hydrazine groups is 1. The molecule has 82 valence electrons. The lowest BCUT2D eigenvalue weighted by molar-refractivity contribution is -0.121. The van der Waals surface area contributed by atoms with Crippen LogP contribution in [-0.4, -0.2) is 57.4 Å². The minimum Gasteiger partial charge on any atom is -0.303 e. The number of nitrogens with zero attached hydrogens (tertiary/aromatic N) is 1. The Bertz CT molecular complexity index is 194. The lowest BCUT2D eigenvalue weighted by Crippen LogP contribution is -2.81. The maximum Gasteiger partial charge on any atom is 0.161 e. The quantitative estimate of drug-likeness (QED) is 0.303. The van der Waals surface area contributed by atoms with E-state index in [1.807, 2.05) is 26.2 Å². The van der Waals surface area contributed by atoms with Gasteiger partial charge in [0.1, 0.15) is 12.3 Å². The van der Waals surface area contributed by atoms with Crippen LogP contribution >= 0.6 is 0 Å². The van der Waals surface area contributed by atoms with E-state index < -0.39 is 5.79 Å². The molecule has 0 saturated carbocycles. The highest BCUT2D eigenvalue weighted by molar-refractivity contribution is 5.60. The smallest absolute Gasteiger partial charge is 0.161 e. The minimum atomic E-state index is -0.561. The fourth-order valence-electron chi connectivity index (χ4n) is 1.96. The molecule has 1 unspecified atom stereocenters. The molecule has 0 aliphatic carbocycles. The predicted molar refractivity (Wildman–Crippen MR) is 54.5 cm³/mol. The second kappa shape index (κ2) is 4.81. The zero-order valence-electron chi connectivity index (χ0n) is 8.92. The van der Waals surface area contributed by atoms with Gasteiger partial charge in [0.25, 0.3) is 0 Å². The van der Waals surface area contributed by atoms with Gasteiger partial charge in [0.15, 0.2) is 5.79 Å². The SMILES string of the molecule is CNN1CCNC(C=O)C1(NC)NC. The molecule has 0 amide bonds. The number of likely N-dealkylation sites (N-methyl/N-ethyl adjacent to an activating group) is 2. The van der Waals surface area contributed by atoms with E-state index in [2.05, 4.69) is 21.4 Å². The number of hydrogen-bond donors (Lipinski definition) is 4. The van der Waals surface area contributed by atoms with Crippen molar-refractivity contribution in [1.29, 1.82) is 0 Å². The molecule has 6 nitrogen and oxygen atoms in total. The summed E-state index contributed by atoms with van der Waals surface area (Å²) in [5.41, 5.74) is 3.07. The summed E-state index contributed by atoms with van der Waals surface area (Å²) in [4.78, 5) is 11.0. The molecule has 1 saturated heterocycles. The lowest BCUT2D eigenvalue weighted by Gasteiger charge is -2.49. The molecule has 0 aromatic rings. The van der Waals surface area contributed by atoms with Crippen molar-refractivity contribution in [2.24, 2.45) is 0 Å². The standard InChI is InChI=1S/C8H19N5O/c1-9-8(10-2)7(6-14)12-4-5-13(8)11-3/h6-7,9-12H,4-5H2,1-3H3. The van der Waals surface area contributed by atoms with Crippen molar-refractivity contribution in [3.63, 3.8) is 0 Å².